The van der Waals surface area contributed by atoms with E-state index in [1.54, 1.807) is 0 Å². The largest absolute Gasteiger partial charge is 0.593 e. The number of aliphatic hydroxyl groups excluding tert-OH is 8. The van der Waals surface area contributed by atoms with Gasteiger partial charge >= 0.3 is 13.4 Å². The Bertz CT molecular complexity index is 785. The molecule has 3 fully saturated rings. The molecule has 37 heavy (non-hydrogen) atoms. The van der Waals surface area contributed by atoms with Gasteiger partial charge in [-0.25, -0.2) is 0 Å². The topological polar surface area (TPSA) is 326 Å². The number of aliphatic hydroxyl groups is 8. The lowest BCUT2D eigenvalue weighted by Gasteiger charge is -2.49. The second-order valence-electron chi connectivity index (χ2n) is 9.07. The Kier molecular flexibility index (Phi) is 10.3. The van der Waals surface area contributed by atoms with Crippen molar-refractivity contribution in [2.45, 2.75) is 91.2 Å². The van der Waals surface area contributed by atoms with Crippen molar-refractivity contribution in [3.8, 4) is 0 Å². The predicted molar refractivity (Wildman–Crippen MR) is 114 cm³/mol. The zero-order valence-corrected chi connectivity index (χ0v) is 20.2. The van der Waals surface area contributed by atoms with E-state index in [-0.39, 0.29) is 0 Å². The quantitative estimate of drug-likeness (QED) is 0.122. The molecule has 19 heteroatoms. The van der Waals surface area contributed by atoms with E-state index in [1.165, 1.54) is 0 Å². The van der Waals surface area contributed by atoms with Crippen LogP contribution in [0.5, 0.6) is 0 Å². The number of ether oxygens (including phenoxy) is 5. The molecule has 0 saturated carbocycles. The lowest BCUT2D eigenvalue weighted by Crippen LogP contribution is -2.71. The molecule has 0 aromatic rings. The summed E-state index contributed by atoms with van der Waals surface area (Å²) in [7, 11) is -3.70. The Morgan fingerprint density at radius 2 is 1.27 bits per heavy atom. The highest BCUT2D eigenvalue weighted by molar-refractivity contribution is 7.38. The molecule has 0 bridgehead atoms. The maximum Gasteiger partial charge on any atom is 0.350 e. The van der Waals surface area contributed by atoms with E-state index in [9.17, 15) is 50.3 Å². The first-order chi connectivity index (χ1) is 17.3. The van der Waals surface area contributed by atoms with Gasteiger partial charge in [-0.15, -0.1) is 0 Å². The van der Waals surface area contributed by atoms with Crippen LogP contribution in [0.2, 0.25) is 0 Å². The molecule has 0 aromatic carbocycles. The average Bonchev–Trinajstić information content (AvgIpc) is 2.88. The van der Waals surface area contributed by atoms with Gasteiger partial charge in [0.15, 0.2) is 25.0 Å². The minimum Gasteiger partial charge on any atom is -0.593 e. The number of nitrogens with two attached hydrogens (primary N) is 3. The van der Waals surface area contributed by atoms with E-state index in [0.717, 1.165) is 0 Å². The van der Waals surface area contributed by atoms with Crippen LogP contribution in [-0.4, -0.2) is 152 Å². The summed E-state index contributed by atoms with van der Waals surface area (Å²) in [6.45, 7) is -2.80. The first-order valence-corrected chi connectivity index (χ1v) is 12.5. The van der Waals surface area contributed by atoms with Crippen LogP contribution in [0.4, 0.5) is 0 Å². The van der Waals surface area contributed by atoms with E-state index < -0.39 is 119 Å². The Labute approximate surface area is 210 Å². The van der Waals surface area contributed by atoms with Crippen LogP contribution >= 0.6 is 8.03 Å². The van der Waals surface area contributed by atoms with Gasteiger partial charge in [-0.05, 0) is 0 Å². The fraction of sp³-hybridized carbons (Fsp3) is 1.00. The molecule has 0 amide bonds. The molecule has 0 radical (unpaired) electrons. The van der Waals surface area contributed by atoms with Crippen molar-refractivity contribution in [3.63, 3.8) is 0 Å². The van der Waals surface area contributed by atoms with Crippen LogP contribution in [-0.2, 0) is 28.2 Å². The van der Waals surface area contributed by atoms with Crippen molar-refractivity contribution in [2.24, 2.45) is 17.2 Å². The van der Waals surface area contributed by atoms with Crippen LogP contribution in [0.25, 0.3) is 0 Å². The minimum absolute atomic E-state index is 0.704. The van der Waals surface area contributed by atoms with Crippen molar-refractivity contribution in [3.05, 3.63) is 0 Å². The van der Waals surface area contributed by atoms with E-state index >= 15 is 0 Å². The molecule has 0 spiro atoms. The van der Waals surface area contributed by atoms with E-state index in [0.29, 0.717) is 0 Å². The molecule has 3 heterocycles. The van der Waals surface area contributed by atoms with Crippen molar-refractivity contribution in [2.75, 3.05) is 19.8 Å². The van der Waals surface area contributed by atoms with Crippen molar-refractivity contribution < 1.29 is 74.0 Å². The standard InChI is InChI=1S/C18H34N3O15P/c19-6-9(25)12(4(1-22)32-15(6)29)34-16-7(20)10(26)13(5(2-23)33-16)35-17-8(21)11(27)14(28)18(3-24,36-17)37(30)31/h4-17,22-29H,1-3,19-21H2/t4-,5-,6-,7-,8-,9-,10-,11-,12?,13?,14+,15-,16+,17+,18-/m1/s1. The molecular formula is C18H34N3O15P. The summed E-state index contributed by atoms with van der Waals surface area (Å²) >= 11 is 0. The summed E-state index contributed by atoms with van der Waals surface area (Å²) in [6, 6.07) is -4.36. The summed E-state index contributed by atoms with van der Waals surface area (Å²) in [6.07, 6.45) is -18.0. The van der Waals surface area contributed by atoms with E-state index in [2.05, 4.69) is 0 Å². The van der Waals surface area contributed by atoms with Crippen LogP contribution in [0, 0.1) is 0 Å². The zero-order valence-electron chi connectivity index (χ0n) is 19.3. The predicted octanol–water partition coefficient (Wildman–Crippen LogP) is -8.24. The van der Waals surface area contributed by atoms with Gasteiger partial charge in [0.2, 0.25) is 0 Å². The van der Waals surface area contributed by atoms with Gasteiger partial charge in [-0.1, -0.05) is 4.57 Å². The molecule has 3 saturated heterocycles. The van der Waals surface area contributed by atoms with Crippen molar-refractivity contribution in [1.82, 2.24) is 0 Å². The maximum atomic E-state index is 11.8. The molecule has 3 rings (SSSR count). The van der Waals surface area contributed by atoms with Gasteiger partial charge < -0.3 is 81.9 Å². The Balaban J connectivity index is 1.78. The third-order valence-corrected chi connectivity index (χ3v) is 7.88. The molecule has 3 aliphatic heterocycles. The van der Waals surface area contributed by atoms with Gasteiger partial charge in [0.05, 0.1) is 31.3 Å². The second-order valence-corrected chi connectivity index (χ2v) is 10.3. The number of hydrogen-bond donors (Lipinski definition) is 11. The maximum absolute atomic E-state index is 11.8. The molecule has 18 nitrogen and oxygen atoms in total. The molecule has 14 N–H and O–H groups in total. The third kappa shape index (κ3) is 5.68. The fourth-order valence-electron chi connectivity index (χ4n) is 4.40. The van der Waals surface area contributed by atoms with Crippen LogP contribution in [0.3, 0.4) is 0 Å². The molecule has 16 atom stereocenters. The summed E-state index contributed by atoms with van der Waals surface area (Å²) in [5.41, 5.74) is 17.5. The highest BCUT2D eigenvalue weighted by Gasteiger charge is 2.63. The lowest BCUT2D eigenvalue weighted by atomic mass is 9.94. The Morgan fingerprint density at radius 3 is 1.78 bits per heavy atom. The first-order valence-electron chi connectivity index (χ1n) is 11.3. The Hall–Kier alpha value is -0.580. The first kappa shape index (κ1) is 31.0. The van der Waals surface area contributed by atoms with Crippen molar-refractivity contribution in [1.29, 1.82) is 0 Å². The average molecular weight is 563 g/mol. The zero-order chi connectivity index (χ0) is 27.8. The summed E-state index contributed by atoms with van der Waals surface area (Å²) in [4.78, 5) is 11.8. The van der Waals surface area contributed by atoms with Gasteiger partial charge in [0, 0.05) is 0 Å². The van der Waals surface area contributed by atoms with Crippen LogP contribution in [0.15, 0.2) is 0 Å². The molecule has 216 valence electrons. The molecule has 3 unspecified atom stereocenters. The fourth-order valence-corrected chi connectivity index (χ4v) is 5.08. The van der Waals surface area contributed by atoms with Gasteiger partial charge in [0.1, 0.15) is 49.3 Å². The summed E-state index contributed by atoms with van der Waals surface area (Å²) in [5, 5.41) is 77.7. The van der Waals surface area contributed by atoms with Gasteiger partial charge in [-0.3, -0.25) is 4.74 Å². The number of hydrogen-bond acceptors (Lipinski definition) is 18. The monoisotopic (exact) mass is 563 g/mol. The van der Waals surface area contributed by atoms with Crippen LogP contribution in [0.1, 0.15) is 0 Å². The molecular weight excluding hydrogens is 529 g/mol. The molecule has 0 aliphatic carbocycles. The van der Waals surface area contributed by atoms with E-state index in [1.807, 2.05) is 0 Å². The second kappa shape index (κ2) is 12.3. The van der Waals surface area contributed by atoms with Gasteiger partial charge in [-0.2, -0.15) is 0 Å². The highest BCUT2D eigenvalue weighted by Crippen LogP contribution is 2.43. The lowest BCUT2D eigenvalue weighted by molar-refractivity contribution is -0.354. The Morgan fingerprint density at radius 1 is 0.784 bits per heavy atom. The SMILES string of the molecule is N[C@H]1[C@@H](OC2[C@@H](CO)O[C@@H](OC3[C@@H](CO)O[C@@H](O)[C@H](N)[C@H]3O)[C@H](N)[C@H]2O)O[C@](CO)([P+](=O)[O-])[C@@H](O)[C@@H]1O. The molecule has 0 aromatic heterocycles. The highest BCUT2D eigenvalue weighted by atomic mass is 31.1. The number of rotatable bonds is 8. The summed E-state index contributed by atoms with van der Waals surface area (Å²) in [5.74, 6) is 0. The summed E-state index contributed by atoms with van der Waals surface area (Å²) < 4.78 is 38.8. The molecule has 3 aliphatic rings. The van der Waals surface area contributed by atoms with Crippen LogP contribution < -0.4 is 22.1 Å². The third-order valence-electron chi connectivity index (χ3n) is 6.75. The van der Waals surface area contributed by atoms with E-state index in [4.69, 9.17) is 40.9 Å². The smallest absolute Gasteiger partial charge is 0.350 e. The normalized spacial score (nSPS) is 51.6. The minimum atomic E-state index is -3.70. The van der Waals surface area contributed by atoms with Crippen molar-refractivity contribution >= 4 is 8.03 Å². The van der Waals surface area contributed by atoms with Gasteiger partial charge in [0.25, 0.3) is 0 Å².